The first kappa shape index (κ1) is 38.8. The third-order valence-corrected chi connectivity index (χ3v) is 13.6. The van der Waals surface area contributed by atoms with E-state index in [0.29, 0.717) is 17.5 Å². The molecule has 0 aliphatic heterocycles. The second kappa shape index (κ2) is 16.1. The highest BCUT2D eigenvalue weighted by molar-refractivity contribution is 6.10. The first-order valence-electron chi connectivity index (χ1n) is 23.1. The first-order chi connectivity index (χ1) is 33.2. The summed E-state index contributed by atoms with van der Waals surface area (Å²) < 4.78 is 4.89. The van der Waals surface area contributed by atoms with Gasteiger partial charge in [0.1, 0.15) is 0 Å². The van der Waals surface area contributed by atoms with Crippen LogP contribution in [0.2, 0.25) is 0 Å². The predicted molar refractivity (Wildman–Crippen MR) is 278 cm³/mol. The molecule has 2 aliphatic carbocycles. The smallest absolute Gasteiger partial charge is 0.164 e. The zero-order chi connectivity index (χ0) is 44.3. The third kappa shape index (κ3) is 6.74. The van der Waals surface area contributed by atoms with Crippen LogP contribution in [0.1, 0.15) is 35.0 Å². The van der Waals surface area contributed by atoms with Gasteiger partial charge in [0.25, 0.3) is 0 Å². The summed E-state index contributed by atoms with van der Waals surface area (Å²) in [7, 11) is 0. The number of benzene rings is 8. The summed E-state index contributed by atoms with van der Waals surface area (Å²) in [6.07, 6.45) is 15.0. The zero-order valence-electron chi connectivity index (χ0n) is 36.7. The fourth-order valence-corrected chi connectivity index (χ4v) is 10.4. The molecule has 1 unspecified atom stereocenters. The van der Waals surface area contributed by atoms with Gasteiger partial charge < -0.3 is 9.13 Å². The maximum absolute atomic E-state index is 5.26. The number of fused-ring (bicyclic) bond motifs is 7. The van der Waals surface area contributed by atoms with Gasteiger partial charge in [0.05, 0.1) is 22.8 Å². The Hall–Kier alpha value is -8.67. The fraction of sp³-hybridized carbons (Fsp3) is 0.0484. The molecular formula is C62H43N5. The van der Waals surface area contributed by atoms with Crippen LogP contribution in [0.4, 0.5) is 0 Å². The van der Waals surface area contributed by atoms with Gasteiger partial charge in [-0.25, -0.2) is 15.0 Å². The molecule has 0 radical (unpaired) electrons. The zero-order valence-corrected chi connectivity index (χ0v) is 36.7. The Morgan fingerprint density at radius 3 is 1.67 bits per heavy atom. The van der Waals surface area contributed by atoms with Crippen LogP contribution in [0.3, 0.4) is 0 Å². The van der Waals surface area contributed by atoms with E-state index in [-0.39, 0.29) is 6.04 Å². The molecular weight excluding hydrogens is 815 g/mol. The van der Waals surface area contributed by atoms with Gasteiger partial charge >= 0.3 is 0 Å². The highest BCUT2D eigenvalue weighted by atomic mass is 15.0. The molecule has 3 aromatic heterocycles. The van der Waals surface area contributed by atoms with E-state index in [0.717, 1.165) is 35.2 Å². The average Bonchev–Trinajstić information content (AvgIpc) is 3.82. The molecule has 5 nitrogen and oxygen atoms in total. The van der Waals surface area contributed by atoms with E-state index >= 15 is 0 Å². The molecule has 5 heteroatoms. The summed E-state index contributed by atoms with van der Waals surface area (Å²) in [5.41, 5.74) is 16.2. The lowest BCUT2D eigenvalue weighted by molar-refractivity contribution is 0.653. The molecule has 0 saturated carbocycles. The van der Waals surface area contributed by atoms with Crippen molar-refractivity contribution in [2.45, 2.75) is 18.9 Å². The van der Waals surface area contributed by atoms with Crippen LogP contribution >= 0.6 is 0 Å². The van der Waals surface area contributed by atoms with Crippen molar-refractivity contribution < 1.29 is 0 Å². The van der Waals surface area contributed by atoms with Crippen LogP contribution in [0.5, 0.6) is 0 Å². The summed E-state index contributed by atoms with van der Waals surface area (Å²) in [5, 5.41) is 5.04. The van der Waals surface area contributed by atoms with Gasteiger partial charge in [-0.2, -0.15) is 0 Å². The molecule has 67 heavy (non-hydrogen) atoms. The summed E-state index contributed by atoms with van der Waals surface area (Å²) >= 11 is 0. The molecule has 0 saturated heterocycles. The Labute approximate surface area is 388 Å². The number of hydrogen-bond acceptors (Lipinski definition) is 3. The van der Waals surface area contributed by atoms with E-state index in [2.05, 4.69) is 222 Å². The minimum atomic E-state index is 0.0964. The highest BCUT2D eigenvalue weighted by Gasteiger charge is 2.23. The molecule has 0 fully saturated rings. The maximum atomic E-state index is 5.26. The lowest BCUT2D eigenvalue weighted by Crippen LogP contribution is -2.11. The highest BCUT2D eigenvalue weighted by Crippen LogP contribution is 2.40. The second-order valence-electron chi connectivity index (χ2n) is 17.5. The predicted octanol–water partition coefficient (Wildman–Crippen LogP) is 15.3. The minimum absolute atomic E-state index is 0.0964. The lowest BCUT2D eigenvalue weighted by Gasteiger charge is -2.22. The summed E-state index contributed by atoms with van der Waals surface area (Å²) in [5.74, 6) is 2.04. The van der Waals surface area contributed by atoms with Crippen molar-refractivity contribution in [2.24, 2.45) is 0 Å². The molecule has 0 bridgehead atoms. The first-order valence-corrected chi connectivity index (χ1v) is 23.1. The van der Waals surface area contributed by atoms with Crippen molar-refractivity contribution in [3.05, 3.63) is 247 Å². The van der Waals surface area contributed by atoms with Crippen molar-refractivity contribution in [1.82, 2.24) is 24.1 Å². The molecule has 1 atom stereocenters. The number of rotatable bonds is 7. The van der Waals surface area contributed by atoms with Crippen LogP contribution < -0.4 is 0 Å². The molecule has 316 valence electrons. The van der Waals surface area contributed by atoms with Crippen LogP contribution in [-0.4, -0.2) is 24.1 Å². The van der Waals surface area contributed by atoms with Crippen LogP contribution in [-0.2, 0) is 6.42 Å². The van der Waals surface area contributed by atoms with Crippen molar-refractivity contribution in [1.29, 1.82) is 0 Å². The largest absolute Gasteiger partial charge is 0.333 e. The van der Waals surface area contributed by atoms with Crippen LogP contribution in [0.15, 0.2) is 225 Å². The molecule has 0 spiro atoms. The molecule has 2 aliphatic rings. The fourth-order valence-electron chi connectivity index (χ4n) is 10.4. The number of allylic oxidation sites excluding steroid dienone is 7. The van der Waals surface area contributed by atoms with Crippen LogP contribution in [0, 0.1) is 0 Å². The van der Waals surface area contributed by atoms with Crippen molar-refractivity contribution in [3.8, 4) is 39.6 Å². The Morgan fingerprint density at radius 1 is 0.448 bits per heavy atom. The SMILES string of the molecule is C1=CC(n2c3ccccc3c3ccccc32)CC(c2nc(-c3ccccc3)nc(-c3ccc4c(c3)CC=C(c3ccc(-n5c6ccccc6c6ccccc65)c(-c5ccccc5)c3)C=C4)n2)=C1. The third-order valence-electron chi connectivity index (χ3n) is 13.6. The van der Waals surface area contributed by atoms with Crippen LogP contribution in [0.25, 0.3) is 100 Å². The van der Waals surface area contributed by atoms with Crippen molar-refractivity contribution >= 4 is 60.8 Å². The number of nitrogens with zero attached hydrogens (tertiary/aromatic N) is 5. The maximum Gasteiger partial charge on any atom is 0.164 e. The van der Waals surface area contributed by atoms with E-state index in [1.54, 1.807) is 0 Å². The van der Waals surface area contributed by atoms with Gasteiger partial charge in [0.15, 0.2) is 17.5 Å². The number of aromatic nitrogens is 5. The lowest BCUT2D eigenvalue weighted by atomic mass is 9.96. The average molecular weight is 858 g/mol. The molecule has 8 aromatic carbocycles. The summed E-state index contributed by atoms with van der Waals surface area (Å²) in [6, 6.07) is 69.6. The van der Waals surface area contributed by atoms with Gasteiger partial charge in [-0.15, -0.1) is 0 Å². The van der Waals surface area contributed by atoms with Gasteiger partial charge in [0, 0.05) is 55.7 Å². The second-order valence-corrected chi connectivity index (χ2v) is 17.5. The molecule has 0 N–H and O–H groups in total. The Kier molecular flexibility index (Phi) is 9.31. The van der Waals surface area contributed by atoms with Crippen molar-refractivity contribution in [3.63, 3.8) is 0 Å². The van der Waals surface area contributed by atoms with Gasteiger partial charge in [-0.1, -0.05) is 188 Å². The van der Waals surface area contributed by atoms with Gasteiger partial charge in [0.2, 0.25) is 0 Å². The van der Waals surface area contributed by atoms with E-state index < -0.39 is 0 Å². The number of para-hydroxylation sites is 4. The van der Waals surface area contributed by atoms with Crippen molar-refractivity contribution in [2.75, 3.05) is 0 Å². The van der Waals surface area contributed by atoms with E-state index in [1.807, 2.05) is 18.2 Å². The Balaban J connectivity index is 0.860. The normalized spacial score (nSPS) is 14.7. The monoisotopic (exact) mass is 857 g/mol. The van der Waals surface area contributed by atoms with E-state index in [9.17, 15) is 0 Å². The quantitative estimate of drug-likeness (QED) is 0.160. The molecule has 13 rings (SSSR count). The minimum Gasteiger partial charge on any atom is -0.333 e. The molecule has 3 heterocycles. The Bertz CT molecular complexity index is 3760. The topological polar surface area (TPSA) is 48.5 Å². The molecule has 0 amide bonds. The summed E-state index contributed by atoms with van der Waals surface area (Å²) in [6.45, 7) is 0. The van der Waals surface area contributed by atoms with Gasteiger partial charge in [-0.3, -0.25) is 0 Å². The number of hydrogen-bond donors (Lipinski definition) is 0. The van der Waals surface area contributed by atoms with Gasteiger partial charge in [-0.05, 0) is 82.3 Å². The van der Waals surface area contributed by atoms with E-state index in [4.69, 9.17) is 15.0 Å². The Morgan fingerprint density at radius 2 is 1.00 bits per heavy atom. The summed E-state index contributed by atoms with van der Waals surface area (Å²) in [4.78, 5) is 15.6. The van der Waals surface area contributed by atoms with E-state index in [1.165, 1.54) is 77.0 Å². The standard InChI is InChI=1S/C62H43N5/c1-3-16-43(17-4-1)54-40-46(36-37-59(54)67-57-28-13-9-24-52(57)53-25-10-14-29-58(53)67)42-31-30-41-33-35-48(38-45(41)34-32-42)62-64-60(44-18-5-2-6-19-44)63-61(65-62)47-20-15-21-49(39-47)66-55-26-11-7-22-50(55)51-23-8-12-27-56(51)66/h1-33,35-38,40,49H,34,39H2. The molecule has 11 aromatic rings.